The second-order valence-corrected chi connectivity index (χ2v) is 16.7. The standard InChI is InChI=1S/C55H33N5S/c1-4-15-34(16-5-1)53-56-54(35-17-6-2-7-18-35)58-55(57-53)60-45-25-12-10-21-39(45)40-29-27-37(32-47(40)60)36-28-30-49-44(31-36)41-23-14-24-43-51-42-22-11-13-26-46(42)59(38-19-8-3-9-20-38)48(51)33-50(61-49)52(41)43/h1-33H. The van der Waals surface area contributed by atoms with Gasteiger partial charge in [-0.2, -0.15) is 9.97 Å². The highest BCUT2D eigenvalue weighted by Gasteiger charge is 2.25. The monoisotopic (exact) mass is 795 g/mol. The average molecular weight is 796 g/mol. The molecule has 0 spiro atoms. The first-order chi connectivity index (χ1) is 30.2. The van der Waals surface area contributed by atoms with E-state index in [0.717, 1.165) is 44.1 Å². The molecular weight excluding hydrogens is 763 g/mol. The third-order valence-electron chi connectivity index (χ3n) is 12.2. The van der Waals surface area contributed by atoms with Crippen LogP contribution in [-0.2, 0) is 0 Å². The zero-order valence-electron chi connectivity index (χ0n) is 32.7. The second kappa shape index (κ2) is 13.4. The maximum absolute atomic E-state index is 5.17. The summed E-state index contributed by atoms with van der Waals surface area (Å²) in [7, 11) is 0. The molecule has 13 rings (SSSR count). The Labute approximate surface area is 355 Å². The van der Waals surface area contributed by atoms with Crippen LogP contribution in [0.15, 0.2) is 210 Å². The van der Waals surface area contributed by atoms with Crippen LogP contribution in [0.2, 0.25) is 0 Å². The van der Waals surface area contributed by atoms with Gasteiger partial charge in [0.15, 0.2) is 11.6 Å². The number of nitrogens with zero attached hydrogens (tertiary/aromatic N) is 5. The SMILES string of the molecule is c1ccc(-c2nc(-c3ccccc3)nc(-n3c4ccccc4c4ccc(-c5ccc6c(c5)-c5cccc7c5c(cc5c7c7ccccc7n5-c5ccccc5)S6)cc43)n2)cc1. The molecule has 0 atom stereocenters. The molecule has 9 aromatic carbocycles. The molecule has 0 saturated heterocycles. The summed E-state index contributed by atoms with van der Waals surface area (Å²) >= 11 is 1.87. The van der Waals surface area contributed by atoms with E-state index in [-0.39, 0.29) is 0 Å². The molecule has 6 heteroatoms. The Bertz CT molecular complexity index is 3660. The Morgan fingerprint density at radius 2 is 0.918 bits per heavy atom. The van der Waals surface area contributed by atoms with Crippen molar-refractivity contribution in [3.05, 3.63) is 200 Å². The number of hydrogen-bond donors (Lipinski definition) is 0. The quantitative estimate of drug-likeness (QED) is 0.174. The van der Waals surface area contributed by atoms with Crippen LogP contribution in [0.4, 0.5) is 0 Å². The first-order valence-corrected chi connectivity index (χ1v) is 21.3. The van der Waals surface area contributed by atoms with Gasteiger partial charge in [-0.3, -0.25) is 4.57 Å². The number of para-hydroxylation sites is 3. The molecule has 5 nitrogen and oxygen atoms in total. The fraction of sp³-hybridized carbons (Fsp3) is 0. The van der Waals surface area contributed by atoms with Gasteiger partial charge in [-0.05, 0) is 76.2 Å². The molecule has 284 valence electrons. The zero-order valence-corrected chi connectivity index (χ0v) is 33.5. The summed E-state index contributed by atoms with van der Waals surface area (Å²) in [5.41, 5.74) is 12.4. The lowest BCUT2D eigenvalue weighted by Crippen LogP contribution is -2.06. The van der Waals surface area contributed by atoms with Gasteiger partial charge in [-0.15, -0.1) is 0 Å². The van der Waals surface area contributed by atoms with Crippen molar-refractivity contribution in [2.24, 2.45) is 0 Å². The molecule has 0 aliphatic carbocycles. The Morgan fingerprint density at radius 1 is 0.328 bits per heavy atom. The highest BCUT2D eigenvalue weighted by molar-refractivity contribution is 7.99. The van der Waals surface area contributed by atoms with Crippen LogP contribution in [0.1, 0.15) is 0 Å². The maximum atomic E-state index is 5.17. The first kappa shape index (κ1) is 34.1. The average Bonchev–Trinajstić information content (AvgIpc) is 3.85. The minimum absolute atomic E-state index is 0.584. The van der Waals surface area contributed by atoms with E-state index >= 15 is 0 Å². The first-order valence-electron chi connectivity index (χ1n) is 20.5. The number of fused-ring (bicyclic) bond motifs is 9. The lowest BCUT2D eigenvalue weighted by atomic mass is 9.93. The summed E-state index contributed by atoms with van der Waals surface area (Å²) in [5, 5.41) is 7.46. The lowest BCUT2D eigenvalue weighted by molar-refractivity contribution is 0.953. The fourth-order valence-electron chi connectivity index (χ4n) is 9.45. The van der Waals surface area contributed by atoms with Crippen LogP contribution in [0.25, 0.3) is 111 Å². The summed E-state index contributed by atoms with van der Waals surface area (Å²) in [6, 6.07) is 71.4. The molecule has 0 unspecified atom stereocenters. The van der Waals surface area contributed by atoms with Crippen LogP contribution in [0, 0.1) is 0 Å². The van der Waals surface area contributed by atoms with Gasteiger partial charge >= 0.3 is 0 Å². The van der Waals surface area contributed by atoms with Crippen LogP contribution in [0.5, 0.6) is 0 Å². The highest BCUT2D eigenvalue weighted by Crippen LogP contribution is 2.52. The normalized spacial score (nSPS) is 12.2. The molecule has 0 saturated carbocycles. The molecule has 1 aliphatic heterocycles. The molecule has 4 heterocycles. The number of hydrogen-bond acceptors (Lipinski definition) is 4. The summed E-state index contributed by atoms with van der Waals surface area (Å²) in [4.78, 5) is 17.9. The third kappa shape index (κ3) is 5.26. The second-order valence-electron chi connectivity index (χ2n) is 15.6. The van der Waals surface area contributed by atoms with Gasteiger partial charge in [0.2, 0.25) is 5.95 Å². The number of rotatable bonds is 5. The Balaban J connectivity index is 0.999. The highest BCUT2D eigenvalue weighted by atomic mass is 32.2. The third-order valence-corrected chi connectivity index (χ3v) is 13.3. The smallest absolute Gasteiger partial charge is 0.238 e. The lowest BCUT2D eigenvalue weighted by Gasteiger charge is -2.22. The molecule has 0 fully saturated rings. The summed E-state index contributed by atoms with van der Waals surface area (Å²) < 4.78 is 4.63. The van der Waals surface area contributed by atoms with E-state index in [0.29, 0.717) is 17.6 Å². The van der Waals surface area contributed by atoms with Crippen LogP contribution >= 0.6 is 11.8 Å². The Hall–Kier alpha value is -7.80. The molecule has 12 aromatic rings. The van der Waals surface area contributed by atoms with Crippen LogP contribution < -0.4 is 0 Å². The van der Waals surface area contributed by atoms with Gasteiger partial charge in [0.25, 0.3) is 0 Å². The largest absolute Gasteiger partial charge is 0.309 e. The molecule has 1 aliphatic rings. The van der Waals surface area contributed by atoms with E-state index in [4.69, 9.17) is 15.0 Å². The van der Waals surface area contributed by atoms with E-state index in [9.17, 15) is 0 Å². The van der Waals surface area contributed by atoms with E-state index in [2.05, 4.69) is 173 Å². The van der Waals surface area contributed by atoms with Crippen molar-refractivity contribution in [3.63, 3.8) is 0 Å². The van der Waals surface area contributed by atoms with Crippen molar-refractivity contribution in [1.29, 1.82) is 0 Å². The molecule has 0 bridgehead atoms. The van der Waals surface area contributed by atoms with E-state index in [1.165, 1.54) is 59.2 Å². The van der Waals surface area contributed by atoms with Gasteiger partial charge < -0.3 is 4.57 Å². The van der Waals surface area contributed by atoms with Crippen molar-refractivity contribution in [2.45, 2.75) is 9.79 Å². The van der Waals surface area contributed by atoms with E-state index in [1.54, 1.807) is 0 Å². The topological polar surface area (TPSA) is 48.5 Å². The van der Waals surface area contributed by atoms with Gasteiger partial charge in [0.1, 0.15) is 0 Å². The minimum atomic E-state index is 0.584. The zero-order chi connectivity index (χ0) is 40.0. The van der Waals surface area contributed by atoms with E-state index in [1.807, 2.05) is 48.2 Å². The minimum Gasteiger partial charge on any atom is -0.309 e. The Kier molecular flexibility index (Phi) is 7.47. The molecule has 3 aromatic heterocycles. The fourth-order valence-corrected chi connectivity index (χ4v) is 10.6. The van der Waals surface area contributed by atoms with Crippen molar-refractivity contribution in [3.8, 4) is 56.7 Å². The van der Waals surface area contributed by atoms with Gasteiger partial charge in [0.05, 0.1) is 22.1 Å². The van der Waals surface area contributed by atoms with Crippen molar-refractivity contribution in [1.82, 2.24) is 24.1 Å². The van der Waals surface area contributed by atoms with Crippen LogP contribution in [0.3, 0.4) is 0 Å². The Morgan fingerprint density at radius 3 is 1.66 bits per heavy atom. The van der Waals surface area contributed by atoms with Crippen LogP contribution in [-0.4, -0.2) is 24.1 Å². The van der Waals surface area contributed by atoms with Crippen molar-refractivity contribution in [2.75, 3.05) is 0 Å². The number of aromatic nitrogens is 5. The molecular formula is C55H33N5S. The van der Waals surface area contributed by atoms with Gasteiger partial charge in [-0.25, -0.2) is 4.98 Å². The summed E-state index contributed by atoms with van der Waals surface area (Å²) in [5.74, 6) is 1.85. The summed E-state index contributed by atoms with van der Waals surface area (Å²) in [6.07, 6.45) is 0. The maximum Gasteiger partial charge on any atom is 0.238 e. The molecule has 0 amide bonds. The molecule has 0 N–H and O–H groups in total. The van der Waals surface area contributed by atoms with Crippen molar-refractivity contribution < 1.29 is 0 Å². The number of benzene rings is 9. The molecule has 0 radical (unpaired) electrons. The van der Waals surface area contributed by atoms with Crippen molar-refractivity contribution >= 4 is 66.1 Å². The summed E-state index contributed by atoms with van der Waals surface area (Å²) in [6.45, 7) is 0. The van der Waals surface area contributed by atoms with E-state index < -0.39 is 0 Å². The van der Waals surface area contributed by atoms with Gasteiger partial charge in [-0.1, -0.05) is 163 Å². The predicted octanol–water partition coefficient (Wildman–Crippen LogP) is 14.4. The molecule has 61 heavy (non-hydrogen) atoms. The predicted molar refractivity (Wildman–Crippen MR) is 252 cm³/mol. The van der Waals surface area contributed by atoms with Gasteiger partial charge in [0, 0.05) is 53.5 Å².